The molecule has 0 fully saturated rings. The van der Waals surface area contributed by atoms with Crippen LogP contribution in [-0.4, -0.2) is 21.5 Å². The van der Waals surface area contributed by atoms with Crippen molar-refractivity contribution in [3.8, 4) is 11.4 Å². The Balaban J connectivity index is 1.94. The van der Waals surface area contributed by atoms with Gasteiger partial charge in [-0.25, -0.2) is 18.4 Å². The number of hydrogen-bond donors (Lipinski definition) is 0. The number of nitrogens with zero attached hydrogens (tertiary/aromatic N) is 3. The Morgan fingerprint density at radius 1 is 1.09 bits per heavy atom. The van der Waals surface area contributed by atoms with Gasteiger partial charge in [-0.1, -0.05) is 12.1 Å². The molecule has 0 saturated carbocycles. The lowest BCUT2D eigenvalue weighted by Gasteiger charge is -2.03. The van der Waals surface area contributed by atoms with E-state index in [-0.39, 0.29) is 11.5 Å². The average molecular weight is 313 g/mol. The third-order valence-electron chi connectivity index (χ3n) is 3.58. The summed E-state index contributed by atoms with van der Waals surface area (Å²) >= 11 is 0. The van der Waals surface area contributed by atoms with Crippen LogP contribution in [0.4, 0.5) is 4.39 Å². The van der Waals surface area contributed by atoms with Crippen LogP contribution in [0.1, 0.15) is 11.4 Å². The molecule has 0 bridgehead atoms. The summed E-state index contributed by atoms with van der Waals surface area (Å²) < 4.78 is 21.0. The van der Waals surface area contributed by atoms with Crippen LogP contribution in [0.15, 0.2) is 53.3 Å². The highest BCUT2D eigenvalue weighted by Gasteiger charge is 2.12. The SMILES string of the molecule is COc1ccc(Cn2nc(C)n(-c3ccc(F)cc3)c2=O)cc1. The normalized spacial score (nSPS) is 10.7. The van der Waals surface area contributed by atoms with Gasteiger partial charge in [-0.05, 0) is 48.9 Å². The Morgan fingerprint density at radius 3 is 2.35 bits per heavy atom. The molecule has 0 aliphatic carbocycles. The van der Waals surface area contributed by atoms with Crippen LogP contribution in [0.3, 0.4) is 0 Å². The largest absolute Gasteiger partial charge is 0.497 e. The first-order valence-corrected chi connectivity index (χ1v) is 7.14. The molecule has 0 spiro atoms. The van der Waals surface area contributed by atoms with Gasteiger partial charge in [0.15, 0.2) is 0 Å². The molecule has 0 aliphatic rings. The summed E-state index contributed by atoms with van der Waals surface area (Å²) in [5.41, 5.74) is 1.27. The van der Waals surface area contributed by atoms with E-state index in [1.54, 1.807) is 26.2 Å². The summed E-state index contributed by atoms with van der Waals surface area (Å²) in [4.78, 5) is 12.5. The summed E-state index contributed by atoms with van der Waals surface area (Å²) in [5.74, 6) is 0.967. The quantitative estimate of drug-likeness (QED) is 0.744. The number of halogens is 1. The van der Waals surface area contributed by atoms with Crippen molar-refractivity contribution in [1.29, 1.82) is 0 Å². The van der Waals surface area contributed by atoms with Crippen molar-refractivity contribution < 1.29 is 9.13 Å². The highest BCUT2D eigenvalue weighted by atomic mass is 19.1. The van der Waals surface area contributed by atoms with Gasteiger partial charge in [0.05, 0.1) is 19.3 Å². The monoisotopic (exact) mass is 313 g/mol. The summed E-state index contributed by atoms with van der Waals surface area (Å²) in [6.45, 7) is 2.10. The first-order chi connectivity index (χ1) is 11.1. The zero-order valence-electron chi connectivity index (χ0n) is 12.9. The molecule has 3 rings (SSSR count). The Hall–Kier alpha value is -2.89. The number of methoxy groups -OCH3 is 1. The molecular weight excluding hydrogens is 297 g/mol. The molecule has 5 nitrogen and oxygen atoms in total. The molecule has 0 aliphatic heterocycles. The van der Waals surface area contributed by atoms with E-state index in [4.69, 9.17) is 4.74 Å². The van der Waals surface area contributed by atoms with E-state index in [0.29, 0.717) is 18.1 Å². The van der Waals surface area contributed by atoms with E-state index < -0.39 is 0 Å². The van der Waals surface area contributed by atoms with E-state index in [0.717, 1.165) is 11.3 Å². The van der Waals surface area contributed by atoms with Crippen LogP contribution in [0.2, 0.25) is 0 Å². The van der Waals surface area contributed by atoms with E-state index in [9.17, 15) is 9.18 Å². The minimum atomic E-state index is -0.343. The van der Waals surface area contributed by atoms with Crippen molar-refractivity contribution >= 4 is 0 Å². The Bertz CT molecular complexity index is 864. The molecule has 2 aromatic carbocycles. The highest BCUT2D eigenvalue weighted by molar-refractivity contribution is 5.33. The van der Waals surface area contributed by atoms with Gasteiger partial charge in [0, 0.05) is 0 Å². The van der Waals surface area contributed by atoms with Gasteiger partial charge in [-0.3, -0.25) is 0 Å². The molecule has 0 N–H and O–H groups in total. The van der Waals surface area contributed by atoms with Crippen molar-refractivity contribution in [2.24, 2.45) is 0 Å². The Kier molecular flexibility index (Phi) is 3.97. The second-order valence-corrected chi connectivity index (χ2v) is 5.15. The summed E-state index contributed by atoms with van der Waals surface area (Å²) in [6.07, 6.45) is 0. The molecular formula is C17H16FN3O2. The van der Waals surface area contributed by atoms with E-state index in [1.165, 1.54) is 21.4 Å². The number of aromatic nitrogens is 3. The number of hydrogen-bond acceptors (Lipinski definition) is 3. The smallest absolute Gasteiger partial charge is 0.350 e. The van der Waals surface area contributed by atoms with Gasteiger partial charge < -0.3 is 4.74 Å². The molecule has 0 amide bonds. The second-order valence-electron chi connectivity index (χ2n) is 5.15. The fourth-order valence-corrected chi connectivity index (χ4v) is 2.41. The van der Waals surface area contributed by atoms with Gasteiger partial charge in [-0.2, -0.15) is 5.10 Å². The van der Waals surface area contributed by atoms with Crippen molar-refractivity contribution in [3.05, 3.63) is 76.2 Å². The minimum absolute atomic E-state index is 0.259. The average Bonchev–Trinajstić information content (AvgIpc) is 2.83. The topological polar surface area (TPSA) is 49.0 Å². The lowest BCUT2D eigenvalue weighted by atomic mass is 10.2. The molecule has 0 unspecified atom stereocenters. The third kappa shape index (κ3) is 3.01. The number of aryl methyl sites for hydroxylation is 1. The minimum Gasteiger partial charge on any atom is -0.497 e. The van der Waals surface area contributed by atoms with Crippen molar-refractivity contribution in [2.45, 2.75) is 13.5 Å². The maximum atomic E-state index is 13.0. The van der Waals surface area contributed by atoms with Crippen LogP contribution >= 0.6 is 0 Å². The number of benzene rings is 2. The molecule has 1 aromatic heterocycles. The van der Waals surface area contributed by atoms with Gasteiger partial charge in [-0.15, -0.1) is 0 Å². The third-order valence-corrected chi connectivity index (χ3v) is 3.58. The highest BCUT2D eigenvalue weighted by Crippen LogP contribution is 2.12. The van der Waals surface area contributed by atoms with Gasteiger partial charge in [0.2, 0.25) is 0 Å². The fourth-order valence-electron chi connectivity index (χ4n) is 2.41. The predicted octanol–water partition coefficient (Wildman–Crippen LogP) is 2.54. The van der Waals surface area contributed by atoms with E-state index >= 15 is 0 Å². The van der Waals surface area contributed by atoms with E-state index in [1.807, 2.05) is 24.3 Å². The van der Waals surface area contributed by atoms with Crippen LogP contribution < -0.4 is 10.4 Å². The molecule has 118 valence electrons. The Labute approximate surface area is 132 Å². The number of rotatable bonds is 4. The lowest BCUT2D eigenvalue weighted by Crippen LogP contribution is -2.24. The van der Waals surface area contributed by atoms with Crippen LogP contribution in [-0.2, 0) is 6.54 Å². The van der Waals surface area contributed by atoms with Crippen molar-refractivity contribution in [1.82, 2.24) is 14.3 Å². The molecule has 1 heterocycles. The number of ether oxygens (including phenoxy) is 1. The maximum Gasteiger partial charge on any atom is 0.350 e. The van der Waals surface area contributed by atoms with Crippen LogP contribution in [0.25, 0.3) is 5.69 Å². The summed E-state index contributed by atoms with van der Waals surface area (Å²) in [5, 5.41) is 4.29. The van der Waals surface area contributed by atoms with Crippen LogP contribution in [0.5, 0.6) is 5.75 Å². The molecule has 0 radical (unpaired) electrons. The Morgan fingerprint density at radius 2 is 1.74 bits per heavy atom. The zero-order chi connectivity index (χ0) is 16.4. The summed E-state index contributed by atoms with van der Waals surface area (Å²) in [6, 6.07) is 13.2. The lowest BCUT2D eigenvalue weighted by molar-refractivity contribution is 0.414. The predicted molar refractivity (Wildman–Crippen MR) is 84.6 cm³/mol. The molecule has 6 heteroatoms. The zero-order valence-corrected chi connectivity index (χ0v) is 12.9. The van der Waals surface area contributed by atoms with Gasteiger partial charge in [0.1, 0.15) is 17.4 Å². The molecule has 0 atom stereocenters. The summed E-state index contributed by atoms with van der Waals surface area (Å²) in [7, 11) is 1.60. The van der Waals surface area contributed by atoms with E-state index in [2.05, 4.69) is 5.10 Å². The second kappa shape index (κ2) is 6.08. The van der Waals surface area contributed by atoms with Crippen molar-refractivity contribution in [2.75, 3.05) is 7.11 Å². The maximum absolute atomic E-state index is 13.0. The van der Waals surface area contributed by atoms with Crippen LogP contribution in [0, 0.1) is 12.7 Å². The first-order valence-electron chi connectivity index (χ1n) is 7.14. The fraction of sp³-hybridized carbons (Fsp3) is 0.176. The molecule has 0 saturated heterocycles. The first kappa shape index (κ1) is 15.0. The van der Waals surface area contributed by atoms with Gasteiger partial charge in [0.25, 0.3) is 0 Å². The standard InChI is InChI=1S/C17H16FN3O2/c1-12-19-20(11-13-3-9-16(23-2)10-4-13)17(22)21(12)15-7-5-14(18)6-8-15/h3-10H,11H2,1-2H3. The molecule has 23 heavy (non-hydrogen) atoms. The molecule has 3 aromatic rings. The van der Waals surface area contributed by atoms with Crippen molar-refractivity contribution in [3.63, 3.8) is 0 Å². The van der Waals surface area contributed by atoms with Gasteiger partial charge >= 0.3 is 5.69 Å².